The van der Waals surface area contributed by atoms with Crippen LogP contribution in [0.4, 0.5) is 0 Å². The van der Waals surface area contributed by atoms with Crippen molar-refractivity contribution < 1.29 is 33.6 Å². The van der Waals surface area contributed by atoms with Gasteiger partial charge < -0.3 is 29.0 Å². The van der Waals surface area contributed by atoms with Gasteiger partial charge in [-0.05, 0) is 60.4 Å². The molecule has 1 heterocycles. The lowest BCUT2D eigenvalue weighted by Gasteiger charge is -2.26. The summed E-state index contributed by atoms with van der Waals surface area (Å²) in [4.78, 5) is 28.3. The summed E-state index contributed by atoms with van der Waals surface area (Å²) in [6.07, 6.45) is 1.39. The third-order valence-electron chi connectivity index (χ3n) is 6.63. The summed E-state index contributed by atoms with van der Waals surface area (Å²) in [5.41, 5.74) is 1.95. The molecule has 0 radical (unpaired) electrons. The van der Waals surface area contributed by atoms with Crippen LogP contribution in [0.15, 0.2) is 72.3 Å². The van der Waals surface area contributed by atoms with Crippen LogP contribution in [-0.2, 0) is 16.0 Å². The average molecular weight is 532 g/mol. The minimum atomic E-state index is -0.876. The van der Waals surface area contributed by atoms with Crippen LogP contribution in [0.3, 0.4) is 0 Å². The van der Waals surface area contributed by atoms with E-state index in [9.17, 15) is 14.7 Å². The number of carbonyl (C=O) groups excluding carboxylic acids is 2. The van der Waals surface area contributed by atoms with Gasteiger partial charge in [0, 0.05) is 12.1 Å². The molecule has 4 rings (SSSR count). The topological polar surface area (TPSA) is 94.5 Å². The van der Waals surface area contributed by atoms with Crippen LogP contribution in [0, 0.1) is 0 Å². The quantitative estimate of drug-likeness (QED) is 0.207. The molecule has 0 spiro atoms. The fraction of sp³-hybridized carbons (Fsp3) is 0.290. The molecule has 1 fully saturated rings. The van der Waals surface area contributed by atoms with Crippen molar-refractivity contribution in [3.05, 3.63) is 89.0 Å². The van der Waals surface area contributed by atoms with Crippen LogP contribution < -0.4 is 18.9 Å². The normalized spacial score (nSPS) is 16.3. The molecule has 1 amide bonds. The van der Waals surface area contributed by atoms with Gasteiger partial charge >= 0.3 is 0 Å². The molecule has 3 aromatic carbocycles. The third-order valence-corrected chi connectivity index (χ3v) is 6.63. The summed E-state index contributed by atoms with van der Waals surface area (Å²) >= 11 is 0. The predicted octanol–water partition coefficient (Wildman–Crippen LogP) is 5.17. The molecule has 0 saturated carbocycles. The zero-order valence-corrected chi connectivity index (χ0v) is 22.6. The van der Waals surface area contributed by atoms with E-state index < -0.39 is 17.7 Å². The van der Waals surface area contributed by atoms with Gasteiger partial charge in [-0.2, -0.15) is 0 Å². The Morgan fingerprint density at radius 3 is 2.10 bits per heavy atom. The maximum absolute atomic E-state index is 13.4. The van der Waals surface area contributed by atoms with E-state index in [2.05, 4.69) is 0 Å². The molecule has 39 heavy (non-hydrogen) atoms. The van der Waals surface area contributed by atoms with Crippen LogP contribution in [0.1, 0.15) is 36.1 Å². The summed E-state index contributed by atoms with van der Waals surface area (Å²) in [6.45, 7) is 2.84. The van der Waals surface area contributed by atoms with Crippen molar-refractivity contribution in [2.75, 3.05) is 34.5 Å². The number of aliphatic hydroxyl groups excluding tert-OH is 1. The van der Waals surface area contributed by atoms with Gasteiger partial charge in [0.05, 0.1) is 39.6 Å². The first kappa shape index (κ1) is 27.6. The first-order valence-corrected chi connectivity index (χ1v) is 12.8. The number of amides is 1. The molecule has 1 saturated heterocycles. The van der Waals surface area contributed by atoms with Crippen molar-refractivity contribution in [3.8, 4) is 23.0 Å². The number of ether oxygens (including phenoxy) is 4. The Balaban J connectivity index is 1.83. The lowest BCUT2D eigenvalue weighted by molar-refractivity contribution is -0.139. The summed E-state index contributed by atoms with van der Waals surface area (Å²) in [6, 6.07) is 19.0. The molecule has 0 bridgehead atoms. The Kier molecular flexibility index (Phi) is 8.76. The maximum Gasteiger partial charge on any atom is 0.295 e. The molecule has 1 atom stereocenters. The number of Topliss-reactive ketones (excluding diaryl/α,β-unsaturated/α-hetero) is 1. The first-order valence-electron chi connectivity index (χ1n) is 12.8. The summed E-state index contributed by atoms with van der Waals surface area (Å²) in [7, 11) is 4.49. The van der Waals surface area contributed by atoms with Gasteiger partial charge in [0.2, 0.25) is 5.75 Å². The minimum Gasteiger partial charge on any atom is -0.507 e. The molecule has 8 nitrogen and oxygen atoms in total. The highest BCUT2D eigenvalue weighted by atomic mass is 16.5. The number of benzene rings is 3. The van der Waals surface area contributed by atoms with E-state index in [1.165, 1.54) is 26.2 Å². The number of methoxy groups -OCH3 is 3. The summed E-state index contributed by atoms with van der Waals surface area (Å²) < 4.78 is 22.2. The van der Waals surface area contributed by atoms with Crippen LogP contribution in [0.5, 0.6) is 23.0 Å². The van der Waals surface area contributed by atoms with Crippen molar-refractivity contribution >= 4 is 17.4 Å². The van der Waals surface area contributed by atoms with Crippen molar-refractivity contribution in [2.24, 2.45) is 0 Å². The largest absolute Gasteiger partial charge is 0.507 e. The Hall–Kier alpha value is -4.46. The Morgan fingerprint density at radius 2 is 1.54 bits per heavy atom. The lowest BCUT2D eigenvalue weighted by Crippen LogP contribution is -2.31. The van der Waals surface area contributed by atoms with E-state index in [1.54, 1.807) is 36.4 Å². The van der Waals surface area contributed by atoms with Crippen molar-refractivity contribution in [1.82, 2.24) is 4.90 Å². The number of hydrogen-bond donors (Lipinski definition) is 1. The smallest absolute Gasteiger partial charge is 0.295 e. The van der Waals surface area contributed by atoms with Gasteiger partial charge in [0.25, 0.3) is 11.7 Å². The zero-order valence-electron chi connectivity index (χ0n) is 22.6. The molecule has 3 aromatic rings. The fourth-order valence-electron chi connectivity index (χ4n) is 4.70. The zero-order chi connectivity index (χ0) is 27.9. The number of ketones is 1. The van der Waals surface area contributed by atoms with Gasteiger partial charge in [-0.15, -0.1) is 0 Å². The average Bonchev–Trinajstić information content (AvgIpc) is 3.23. The van der Waals surface area contributed by atoms with Crippen LogP contribution >= 0.6 is 0 Å². The maximum atomic E-state index is 13.4. The minimum absolute atomic E-state index is 0.00967. The van der Waals surface area contributed by atoms with Gasteiger partial charge in [-0.25, -0.2) is 0 Å². The molecule has 1 unspecified atom stereocenters. The Morgan fingerprint density at radius 1 is 0.897 bits per heavy atom. The van der Waals surface area contributed by atoms with E-state index in [4.69, 9.17) is 18.9 Å². The summed E-state index contributed by atoms with van der Waals surface area (Å²) in [5, 5.41) is 11.4. The van der Waals surface area contributed by atoms with Crippen molar-refractivity contribution in [1.29, 1.82) is 0 Å². The first-order chi connectivity index (χ1) is 18.9. The summed E-state index contributed by atoms with van der Waals surface area (Å²) in [5.74, 6) is 0.0671. The fourth-order valence-corrected chi connectivity index (χ4v) is 4.70. The van der Waals surface area contributed by atoms with Crippen LogP contribution in [0.25, 0.3) is 5.76 Å². The molecule has 204 valence electrons. The highest BCUT2D eigenvalue weighted by Crippen LogP contribution is 2.45. The van der Waals surface area contributed by atoms with E-state index in [-0.39, 0.29) is 17.9 Å². The van der Waals surface area contributed by atoms with E-state index in [0.29, 0.717) is 47.2 Å². The molecular formula is C31H33NO7. The van der Waals surface area contributed by atoms with Crippen molar-refractivity contribution in [3.63, 3.8) is 0 Å². The number of rotatable bonds is 11. The SMILES string of the molecule is CCCOc1ccc(C(O)=C2C(=O)C(=O)N(CCc3ccccc3)C2c2cc(OC)c(OC)c(OC)c2)cc1. The molecule has 0 aliphatic carbocycles. The second-order valence-electron chi connectivity index (χ2n) is 9.06. The third kappa shape index (κ3) is 5.70. The van der Waals surface area contributed by atoms with E-state index >= 15 is 0 Å². The van der Waals surface area contributed by atoms with Gasteiger partial charge in [-0.3, -0.25) is 9.59 Å². The van der Waals surface area contributed by atoms with Gasteiger partial charge in [-0.1, -0.05) is 37.3 Å². The number of hydrogen-bond acceptors (Lipinski definition) is 7. The van der Waals surface area contributed by atoms with Crippen LogP contribution in [0.2, 0.25) is 0 Å². The number of nitrogens with zero attached hydrogens (tertiary/aromatic N) is 1. The second kappa shape index (κ2) is 12.4. The Bertz CT molecular complexity index is 1320. The standard InChI is InChI=1S/C31H33NO7/c1-5-17-39-23-13-11-21(12-14-23)28(33)26-27(22-18-24(36-2)30(38-4)25(19-22)37-3)32(31(35)29(26)34)16-15-20-9-7-6-8-10-20/h6-14,18-19,27,33H,5,15-17H2,1-4H3. The highest BCUT2D eigenvalue weighted by molar-refractivity contribution is 6.46. The number of carbonyl (C=O) groups is 2. The van der Waals surface area contributed by atoms with Gasteiger partial charge in [0.1, 0.15) is 11.5 Å². The molecule has 0 aromatic heterocycles. The monoisotopic (exact) mass is 531 g/mol. The van der Waals surface area contributed by atoms with Crippen molar-refractivity contribution in [2.45, 2.75) is 25.8 Å². The Labute approximate surface area is 228 Å². The predicted molar refractivity (Wildman–Crippen MR) is 147 cm³/mol. The van der Waals surface area contributed by atoms with E-state index in [0.717, 1.165) is 12.0 Å². The van der Waals surface area contributed by atoms with E-state index in [1.807, 2.05) is 37.3 Å². The molecule has 1 aliphatic rings. The molecule has 8 heteroatoms. The number of likely N-dealkylation sites (tertiary alicyclic amines) is 1. The molecule has 1 N–H and O–H groups in total. The van der Waals surface area contributed by atoms with Gasteiger partial charge in [0.15, 0.2) is 11.5 Å². The number of aliphatic hydroxyl groups is 1. The molecular weight excluding hydrogens is 498 g/mol. The highest BCUT2D eigenvalue weighted by Gasteiger charge is 2.46. The lowest BCUT2D eigenvalue weighted by atomic mass is 9.94. The second-order valence-corrected chi connectivity index (χ2v) is 9.06. The molecule has 1 aliphatic heterocycles. The van der Waals surface area contributed by atoms with Crippen LogP contribution in [-0.4, -0.2) is 56.2 Å².